The van der Waals surface area contributed by atoms with Gasteiger partial charge in [-0.05, 0) is 48.7 Å². The first kappa shape index (κ1) is 17.3. The van der Waals surface area contributed by atoms with E-state index >= 15 is 0 Å². The van der Waals surface area contributed by atoms with Crippen molar-refractivity contribution in [3.8, 4) is 11.3 Å². The van der Waals surface area contributed by atoms with Crippen LogP contribution in [0.15, 0.2) is 64.0 Å². The number of rotatable bonds is 5. The maximum Gasteiger partial charge on any atom is 0.206 e. The van der Waals surface area contributed by atoms with Crippen molar-refractivity contribution in [2.75, 3.05) is 6.54 Å². The fraction of sp³-hybridized carbons (Fsp3) is 0.200. The Morgan fingerprint density at radius 1 is 1.04 bits per heavy atom. The zero-order valence-corrected chi connectivity index (χ0v) is 15.1. The topological polar surface area (TPSA) is 29.6 Å². The lowest BCUT2D eigenvalue weighted by molar-refractivity contribution is 0.628. The third kappa shape index (κ3) is 4.12. The second kappa shape index (κ2) is 8.03. The predicted octanol–water partition coefficient (Wildman–Crippen LogP) is 4.72. The van der Waals surface area contributed by atoms with Crippen LogP contribution >= 0.6 is 11.3 Å². The van der Waals surface area contributed by atoms with Gasteiger partial charge in [-0.2, -0.15) is 5.10 Å². The minimum absolute atomic E-state index is 0.247. The molecule has 2 aromatic carbocycles. The van der Waals surface area contributed by atoms with Crippen LogP contribution in [0.3, 0.4) is 0 Å². The molecule has 3 aromatic rings. The van der Waals surface area contributed by atoms with Gasteiger partial charge in [0.2, 0.25) is 4.80 Å². The predicted molar refractivity (Wildman–Crippen MR) is 103 cm³/mol. The third-order valence-corrected chi connectivity index (χ3v) is 4.68. The van der Waals surface area contributed by atoms with Crippen molar-refractivity contribution in [2.45, 2.75) is 20.3 Å². The van der Waals surface area contributed by atoms with Gasteiger partial charge in [0.1, 0.15) is 5.82 Å². The molecule has 0 radical (unpaired) electrons. The van der Waals surface area contributed by atoms with E-state index in [0.29, 0.717) is 6.54 Å². The van der Waals surface area contributed by atoms with Crippen molar-refractivity contribution in [3.05, 3.63) is 75.7 Å². The van der Waals surface area contributed by atoms with E-state index in [-0.39, 0.29) is 5.82 Å². The summed E-state index contributed by atoms with van der Waals surface area (Å²) in [5.74, 6) is -0.247. The zero-order chi connectivity index (χ0) is 17.6. The van der Waals surface area contributed by atoms with E-state index in [1.807, 2.05) is 23.2 Å². The summed E-state index contributed by atoms with van der Waals surface area (Å²) < 4.78 is 15.0. The number of hydrogen-bond acceptors (Lipinski definition) is 3. The zero-order valence-electron chi connectivity index (χ0n) is 14.3. The van der Waals surface area contributed by atoms with Crippen LogP contribution in [0.1, 0.15) is 25.0 Å². The Morgan fingerprint density at radius 3 is 2.40 bits per heavy atom. The largest absolute Gasteiger partial charge is 0.258 e. The van der Waals surface area contributed by atoms with E-state index in [9.17, 15) is 4.39 Å². The Morgan fingerprint density at radius 2 is 1.76 bits per heavy atom. The van der Waals surface area contributed by atoms with Crippen molar-refractivity contribution >= 4 is 17.6 Å². The third-order valence-electron chi connectivity index (χ3n) is 3.83. The molecule has 0 aliphatic heterocycles. The fourth-order valence-electron chi connectivity index (χ4n) is 2.44. The summed E-state index contributed by atoms with van der Waals surface area (Å²) in [6.07, 6.45) is 2.85. The number of nitrogens with zero attached hydrogens (tertiary/aromatic N) is 3. The number of aromatic nitrogens is 1. The molecule has 0 saturated carbocycles. The molecule has 0 spiro atoms. The Balaban J connectivity index is 2.00. The second-order valence-corrected chi connectivity index (χ2v) is 6.37. The Bertz CT molecular complexity index is 919. The van der Waals surface area contributed by atoms with Gasteiger partial charge in [0.05, 0.1) is 11.9 Å². The molecule has 5 heteroatoms. The molecule has 0 fully saturated rings. The highest BCUT2D eigenvalue weighted by atomic mass is 32.1. The number of halogens is 1. The van der Waals surface area contributed by atoms with Crippen molar-refractivity contribution in [1.29, 1.82) is 0 Å². The maximum absolute atomic E-state index is 13.2. The molecule has 3 rings (SSSR count). The first-order valence-electron chi connectivity index (χ1n) is 8.31. The van der Waals surface area contributed by atoms with E-state index < -0.39 is 0 Å². The van der Waals surface area contributed by atoms with E-state index in [4.69, 9.17) is 0 Å². The smallest absolute Gasteiger partial charge is 0.206 e. The van der Waals surface area contributed by atoms with Gasteiger partial charge < -0.3 is 0 Å². The van der Waals surface area contributed by atoms with Gasteiger partial charge in [0.15, 0.2) is 0 Å². The van der Waals surface area contributed by atoms with E-state index in [1.165, 1.54) is 29.0 Å². The number of thiazole rings is 1. The molecule has 3 nitrogen and oxygen atoms in total. The average molecular weight is 353 g/mol. The van der Waals surface area contributed by atoms with Gasteiger partial charge in [0.25, 0.3) is 0 Å². The van der Waals surface area contributed by atoms with Gasteiger partial charge in [-0.1, -0.05) is 31.2 Å². The van der Waals surface area contributed by atoms with Gasteiger partial charge in [-0.15, -0.1) is 11.3 Å². The van der Waals surface area contributed by atoms with E-state index in [1.54, 1.807) is 12.1 Å². The molecule has 0 aliphatic carbocycles. The normalized spacial score (nSPS) is 12.2. The van der Waals surface area contributed by atoms with Gasteiger partial charge in [-0.3, -0.25) is 4.99 Å². The monoisotopic (exact) mass is 353 g/mol. The molecule has 0 saturated heterocycles. The van der Waals surface area contributed by atoms with Gasteiger partial charge >= 0.3 is 0 Å². The van der Waals surface area contributed by atoms with Crippen LogP contribution in [-0.2, 0) is 6.42 Å². The number of hydrogen-bond donors (Lipinski definition) is 0. The lowest BCUT2D eigenvalue weighted by Gasteiger charge is -2.04. The summed E-state index contributed by atoms with van der Waals surface area (Å²) in [6, 6.07) is 14.8. The molecule has 0 aliphatic rings. The molecule has 128 valence electrons. The van der Waals surface area contributed by atoms with Gasteiger partial charge in [-0.25, -0.2) is 9.07 Å². The Hall–Kier alpha value is -2.53. The van der Waals surface area contributed by atoms with E-state index in [0.717, 1.165) is 28.0 Å². The van der Waals surface area contributed by atoms with Crippen LogP contribution in [-0.4, -0.2) is 17.4 Å². The molecule has 0 amide bonds. The van der Waals surface area contributed by atoms with Crippen LogP contribution in [0.5, 0.6) is 0 Å². The van der Waals surface area contributed by atoms with Crippen molar-refractivity contribution in [2.24, 2.45) is 10.1 Å². The minimum atomic E-state index is -0.247. The first-order chi connectivity index (χ1) is 12.2. The van der Waals surface area contributed by atoms with Crippen LogP contribution in [0, 0.1) is 5.82 Å². The molecule has 0 atom stereocenters. The van der Waals surface area contributed by atoms with Gasteiger partial charge in [0, 0.05) is 17.5 Å². The summed E-state index contributed by atoms with van der Waals surface area (Å²) in [4.78, 5) is 5.33. The minimum Gasteiger partial charge on any atom is -0.258 e. The van der Waals surface area contributed by atoms with Crippen LogP contribution in [0.4, 0.5) is 4.39 Å². The van der Waals surface area contributed by atoms with Crippen molar-refractivity contribution in [3.63, 3.8) is 0 Å². The van der Waals surface area contributed by atoms with Crippen molar-refractivity contribution < 1.29 is 4.39 Å². The fourth-order valence-corrected chi connectivity index (χ4v) is 3.34. The lowest BCUT2D eigenvalue weighted by Crippen LogP contribution is -2.12. The second-order valence-electron chi connectivity index (χ2n) is 5.54. The summed E-state index contributed by atoms with van der Waals surface area (Å²) >= 11 is 1.53. The molecular formula is C20H20FN3S. The quantitative estimate of drug-likeness (QED) is 0.594. The summed E-state index contributed by atoms with van der Waals surface area (Å²) in [5, 5.41) is 6.62. The first-order valence-corrected chi connectivity index (χ1v) is 9.19. The molecule has 0 bridgehead atoms. The summed E-state index contributed by atoms with van der Waals surface area (Å²) in [7, 11) is 0. The molecule has 1 heterocycles. The van der Waals surface area contributed by atoms with Crippen LogP contribution in [0.2, 0.25) is 0 Å². The number of aryl methyl sites for hydroxylation is 1. The standard InChI is InChI=1S/C20H20FN3S/c1-3-15-5-7-16(8-6-15)13-23-24-19(14-25-20(24)22-4-2)17-9-11-18(21)12-10-17/h5-14H,3-4H2,1-2H3/b22-20?,23-13-. The highest BCUT2D eigenvalue weighted by Crippen LogP contribution is 2.20. The highest BCUT2D eigenvalue weighted by Gasteiger charge is 2.07. The molecule has 0 unspecified atom stereocenters. The highest BCUT2D eigenvalue weighted by molar-refractivity contribution is 7.07. The van der Waals surface area contributed by atoms with Crippen molar-refractivity contribution in [1.82, 2.24) is 4.68 Å². The lowest BCUT2D eigenvalue weighted by atomic mass is 10.1. The van der Waals surface area contributed by atoms with Crippen LogP contribution < -0.4 is 4.80 Å². The van der Waals surface area contributed by atoms with Crippen LogP contribution in [0.25, 0.3) is 11.3 Å². The maximum atomic E-state index is 13.2. The Kier molecular flexibility index (Phi) is 5.56. The SMILES string of the molecule is CCN=c1scc(-c2ccc(F)cc2)n1/N=C\c1ccc(CC)cc1. The average Bonchev–Trinajstić information content (AvgIpc) is 3.04. The molecule has 0 N–H and O–H groups in total. The molecule has 25 heavy (non-hydrogen) atoms. The summed E-state index contributed by atoms with van der Waals surface area (Å²) in [5.41, 5.74) is 4.14. The number of benzene rings is 2. The Labute approximate surface area is 150 Å². The molecular weight excluding hydrogens is 333 g/mol. The molecule has 1 aromatic heterocycles. The summed E-state index contributed by atoms with van der Waals surface area (Å²) in [6.45, 7) is 4.82. The van der Waals surface area contributed by atoms with E-state index in [2.05, 4.69) is 41.3 Å².